The van der Waals surface area contributed by atoms with Crippen LogP contribution in [0, 0.1) is 0 Å². The first-order valence-corrected chi connectivity index (χ1v) is 8.15. The Morgan fingerprint density at radius 2 is 1.48 bits per heavy atom. The van der Waals surface area contributed by atoms with Crippen molar-refractivity contribution in [2.75, 3.05) is 6.54 Å². The monoisotopic (exact) mass is 309 g/mol. The van der Waals surface area contributed by atoms with E-state index in [9.17, 15) is 0 Å². The van der Waals surface area contributed by atoms with Gasteiger partial charge in [-0.3, -0.25) is 0 Å². The van der Waals surface area contributed by atoms with Gasteiger partial charge >= 0.3 is 7.12 Å². The van der Waals surface area contributed by atoms with Gasteiger partial charge in [0.15, 0.2) is 0 Å². The summed E-state index contributed by atoms with van der Waals surface area (Å²) < 4.78 is 12.5. The zero-order valence-corrected chi connectivity index (χ0v) is 14.1. The normalized spacial score (nSPS) is 23.2. The summed E-state index contributed by atoms with van der Waals surface area (Å²) in [5, 5.41) is 3.51. The molecule has 1 unspecified atom stereocenters. The zero-order valence-electron chi connectivity index (χ0n) is 14.1. The number of hydrogen-bond acceptors (Lipinski definition) is 3. The lowest BCUT2D eigenvalue weighted by atomic mass is 9.79. The molecule has 0 radical (unpaired) electrons. The molecule has 2 aromatic carbocycles. The molecule has 1 heterocycles. The Bertz CT molecular complexity index is 632. The number of nitrogens with one attached hydrogen (secondary N) is 1. The molecular weight excluding hydrogens is 285 g/mol. The van der Waals surface area contributed by atoms with Crippen LogP contribution in [-0.2, 0) is 15.9 Å². The number of benzene rings is 2. The van der Waals surface area contributed by atoms with E-state index in [1.807, 2.05) is 36.4 Å². The molecule has 0 spiro atoms. The fourth-order valence-corrected chi connectivity index (χ4v) is 2.84. The van der Waals surface area contributed by atoms with Gasteiger partial charge in [0.05, 0.1) is 11.2 Å². The highest BCUT2D eigenvalue weighted by Crippen LogP contribution is 2.36. The van der Waals surface area contributed by atoms with Crippen LogP contribution in [0.5, 0.6) is 0 Å². The van der Waals surface area contributed by atoms with Gasteiger partial charge in [-0.15, -0.1) is 0 Å². The predicted octanol–water partition coefficient (Wildman–Crippen LogP) is 2.76. The Kier molecular flexibility index (Phi) is 4.58. The first-order valence-electron chi connectivity index (χ1n) is 8.15. The molecular formula is C19H24BNO2. The SMILES string of the molecule is CC1(C)OB(c2ccccc2)OC1(C)CNCc1ccccc1. The summed E-state index contributed by atoms with van der Waals surface area (Å²) in [6.07, 6.45) is 0. The van der Waals surface area contributed by atoms with E-state index in [0.717, 1.165) is 18.6 Å². The van der Waals surface area contributed by atoms with E-state index in [-0.39, 0.29) is 18.3 Å². The summed E-state index contributed by atoms with van der Waals surface area (Å²) in [4.78, 5) is 0. The molecule has 0 amide bonds. The topological polar surface area (TPSA) is 30.5 Å². The minimum Gasteiger partial charge on any atom is -0.399 e. The fourth-order valence-electron chi connectivity index (χ4n) is 2.84. The Hall–Kier alpha value is -1.62. The molecule has 1 saturated heterocycles. The van der Waals surface area contributed by atoms with Crippen molar-refractivity contribution in [2.45, 2.75) is 38.5 Å². The van der Waals surface area contributed by atoms with Crippen molar-refractivity contribution in [3.05, 3.63) is 66.2 Å². The summed E-state index contributed by atoms with van der Waals surface area (Å²) >= 11 is 0. The lowest BCUT2D eigenvalue weighted by Gasteiger charge is -2.36. The van der Waals surface area contributed by atoms with Crippen LogP contribution in [0.15, 0.2) is 60.7 Å². The van der Waals surface area contributed by atoms with Crippen molar-refractivity contribution < 1.29 is 9.31 Å². The van der Waals surface area contributed by atoms with Crippen LogP contribution in [0.25, 0.3) is 0 Å². The maximum absolute atomic E-state index is 6.30. The highest BCUT2D eigenvalue weighted by atomic mass is 16.7. The van der Waals surface area contributed by atoms with E-state index < -0.39 is 0 Å². The molecule has 1 aliphatic heterocycles. The van der Waals surface area contributed by atoms with Crippen LogP contribution in [0.1, 0.15) is 26.3 Å². The molecule has 0 bridgehead atoms. The Morgan fingerprint density at radius 1 is 0.870 bits per heavy atom. The third kappa shape index (κ3) is 3.50. The zero-order chi connectivity index (χ0) is 16.3. The molecule has 1 fully saturated rings. The van der Waals surface area contributed by atoms with E-state index in [0.29, 0.717) is 0 Å². The lowest BCUT2D eigenvalue weighted by molar-refractivity contribution is -0.00837. The average molecular weight is 309 g/mol. The maximum atomic E-state index is 6.30. The van der Waals surface area contributed by atoms with Crippen LogP contribution in [0.2, 0.25) is 0 Å². The van der Waals surface area contributed by atoms with Crippen LogP contribution >= 0.6 is 0 Å². The summed E-state index contributed by atoms with van der Waals surface area (Å²) in [6.45, 7) is 7.87. The van der Waals surface area contributed by atoms with E-state index in [2.05, 4.69) is 50.4 Å². The van der Waals surface area contributed by atoms with Crippen LogP contribution < -0.4 is 10.8 Å². The van der Waals surface area contributed by atoms with Gasteiger partial charge in [0.25, 0.3) is 0 Å². The maximum Gasteiger partial charge on any atom is 0.494 e. The molecule has 1 aliphatic rings. The molecule has 0 aliphatic carbocycles. The molecule has 3 rings (SSSR count). The van der Waals surface area contributed by atoms with Gasteiger partial charge in [-0.05, 0) is 31.8 Å². The molecule has 1 atom stereocenters. The van der Waals surface area contributed by atoms with Crippen molar-refractivity contribution in [1.29, 1.82) is 0 Å². The van der Waals surface area contributed by atoms with Gasteiger partial charge in [0.1, 0.15) is 0 Å². The van der Waals surface area contributed by atoms with Gasteiger partial charge in [0, 0.05) is 13.1 Å². The van der Waals surface area contributed by atoms with Crippen molar-refractivity contribution in [3.63, 3.8) is 0 Å². The highest BCUT2D eigenvalue weighted by molar-refractivity contribution is 6.62. The molecule has 4 heteroatoms. The second kappa shape index (κ2) is 6.48. The summed E-state index contributed by atoms with van der Waals surface area (Å²) in [5.41, 5.74) is 1.58. The van der Waals surface area contributed by atoms with Gasteiger partial charge in [-0.2, -0.15) is 0 Å². The molecule has 120 valence electrons. The Morgan fingerprint density at radius 3 is 2.13 bits per heavy atom. The number of hydrogen-bond donors (Lipinski definition) is 1. The van der Waals surface area contributed by atoms with Crippen molar-refractivity contribution >= 4 is 12.6 Å². The minimum absolute atomic E-state index is 0.310. The summed E-state index contributed by atoms with van der Waals surface area (Å²) in [5.74, 6) is 0. The fraction of sp³-hybridized carbons (Fsp3) is 0.368. The van der Waals surface area contributed by atoms with E-state index in [1.54, 1.807) is 0 Å². The molecule has 2 aromatic rings. The molecule has 3 nitrogen and oxygen atoms in total. The molecule has 23 heavy (non-hydrogen) atoms. The summed E-state index contributed by atoms with van der Waals surface area (Å²) in [6, 6.07) is 20.5. The van der Waals surface area contributed by atoms with Crippen molar-refractivity contribution in [2.24, 2.45) is 0 Å². The molecule has 1 N–H and O–H groups in total. The van der Waals surface area contributed by atoms with Gasteiger partial charge < -0.3 is 14.6 Å². The van der Waals surface area contributed by atoms with Gasteiger partial charge in [-0.1, -0.05) is 60.7 Å². The second-order valence-corrected chi connectivity index (χ2v) is 6.81. The highest BCUT2D eigenvalue weighted by Gasteiger charge is 2.54. The summed E-state index contributed by atoms with van der Waals surface area (Å²) in [7, 11) is -0.310. The predicted molar refractivity (Wildman–Crippen MR) is 94.6 cm³/mol. The van der Waals surface area contributed by atoms with Crippen molar-refractivity contribution in [3.8, 4) is 0 Å². The van der Waals surface area contributed by atoms with Crippen LogP contribution in [-0.4, -0.2) is 24.9 Å². The van der Waals surface area contributed by atoms with Crippen LogP contribution in [0.3, 0.4) is 0 Å². The Labute approximate surface area is 139 Å². The third-order valence-electron chi connectivity index (χ3n) is 4.75. The van der Waals surface area contributed by atoms with E-state index in [4.69, 9.17) is 9.31 Å². The van der Waals surface area contributed by atoms with E-state index in [1.165, 1.54) is 5.56 Å². The third-order valence-corrected chi connectivity index (χ3v) is 4.75. The number of rotatable bonds is 5. The minimum atomic E-state index is -0.387. The molecule has 0 saturated carbocycles. The first-order chi connectivity index (χ1) is 11.0. The lowest BCUT2D eigenvalue weighted by Crippen LogP contribution is -2.51. The standard InChI is InChI=1S/C19H24BNO2/c1-18(2)19(3,15-21-14-16-10-6-4-7-11-16)23-20(22-18)17-12-8-5-9-13-17/h4-13,21H,14-15H2,1-3H3. The first kappa shape index (κ1) is 16.3. The molecule has 0 aromatic heterocycles. The smallest absolute Gasteiger partial charge is 0.399 e. The van der Waals surface area contributed by atoms with E-state index >= 15 is 0 Å². The van der Waals surface area contributed by atoms with Crippen molar-refractivity contribution in [1.82, 2.24) is 5.32 Å². The average Bonchev–Trinajstić information content (AvgIpc) is 2.79. The van der Waals surface area contributed by atoms with Gasteiger partial charge in [0.2, 0.25) is 0 Å². The van der Waals surface area contributed by atoms with Crippen LogP contribution in [0.4, 0.5) is 0 Å². The second-order valence-electron chi connectivity index (χ2n) is 6.81. The Balaban J connectivity index is 1.65. The quantitative estimate of drug-likeness (QED) is 0.862. The van der Waals surface area contributed by atoms with Gasteiger partial charge in [-0.25, -0.2) is 0 Å². The largest absolute Gasteiger partial charge is 0.494 e.